The lowest BCUT2D eigenvalue weighted by Gasteiger charge is -2.44. The molecule has 5 unspecified atom stereocenters. The van der Waals surface area contributed by atoms with Crippen molar-refractivity contribution in [3.8, 4) is 0 Å². The highest BCUT2D eigenvalue weighted by molar-refractivity contribution is 5.27. The maximum atomic E-state index is 10.0. The predicted octanol–water partition coefficient (Wildman–Crippen LogP) is 4.91. The minimum absolute atomic E-state index is 0.223. The Balaban J connectivity index is 1.66. The fraction of sp³-hybridized carbons (Fsp3) is 0.786. The van der Waals surface area contributed by atoms with Crippen LogP contribution in [0.2, 0.25) is 0 Å². The van der Waals surface area contributed by atoms with Crippen LogP contribution in [0, 0.1) is 23.2 Å². The molecule has 0 bridgehead atoms. The lowest BCUT2D eigenvalue weighted by Crippen LogP contribution is -2.41. The van der Waals surface area contributed by atoms with E-state index in [2.05, 4.69) is 52.0 Å². The molecule has 3 fully saturated rings. The van der Waals surface area contributed by atoms with Crippen LogP contribution < -0.4 is 0 Å². The topological polar surface area (TPSA) is 79.2 Å². The van der Waals surface area contributed by atoms with Crippen molar-refractivity contribution in [1.82, 2.24) is 0 Å². The van der Waals surface area contributed by atoms with Gasteiger partial charge in [0, 0.05) is 7.11 Å². The van der Waals surface area contributed by atoms with E-state index < -0.39 is 18.3 Å². The molecule has 0 spiro atoms. The summed E-state index contributed by atoms with van der Waals surface area (Å²) in [6.45, 7) is 9.39. The molecule has 0 amide bonds. The van der Waals surface area contributed by atoms with Gasteiger partial charge in [-0.3, -0.25) is 0 Å². The molecule has 33 heavy (non-hydrogen) atoms. The summed E-state index contributed by atoms with van der Waals surface area (Å²) in [4.78, 5) is 0. The molecule has 3 rings (SSSR count). The van der Waals surface area contributed by atoms with E-state index in [0.717, 1.165) is 18.4 Å². The zero-order valence-electron chi connectivity index (χ0n) is 21.3. The van der Waals surface area contributed by atoms with Crippen molar-refractivity contribution in [1.29, 1.82) is 0 Å². The van der Waals surface area contributed by atoms with Crippen LogP contribution in [0.5, 0.6) is 0 Å². The third-order valence-corrected chi connectivity index (χ3v) is 8.55. The first-order valence-corrected chi connectivity index (χ1v) is 12.8. The highest BCUT2D eigenvalue weighted by atomic mass is 16.7. The molecule has 5 heteroatoms. The molecule has 0 aromatic heterocycles. The molecule has 3 aliphatic carbocycles. The summed E-state index contributed by atoms with van der Waals surface area (Å²) >= 11 is 0. The highest BCUT2D eigenvalue weighted by Crippen LogP contribution is 2.59. The standard InChI is InChI=1S/C28H46O5/c1-19(8-6-14-27(2,3)33-18-32-5)22-12-13-23-21(9-7-15-28(22,23)4)11-10-20-16-24(29)26(31)25(30)17-20/h6,8,10-11,19,22-26,29-31H,7,9,12-18H2,1-5H3/b8-6+,20-10-,21-11+/t19-,22?,23?,24-,25?,26?,28?/m1/s1. The Labute approximate surface area is 200 Å². The number of aliphatic hydroxyl groups excluding tert-OH is 3. The molecule has 0 aromatic rings. The van der Waals surface area contributed by atoms with Crippen molar-refractivity contribution in [2.24, 2.45) is 23.2 Å². The number of allylic oxidation sites excluding steroid dienone is 4. The first kappa shape index (κ1) is 26.6. The highest BCUT2D eigenvalue weighted by Gasteiger charge is 2.50. The van der Waals surface area contributed by atoms with Gasteiger partial charge in [-0.2, -0.15) is 0 Å². The van der Waals surface area contributed by atoms with Crippen LogP contribution in [0.15, 0.2) is 35.5 Å². The van der Waals surface area contributed by atoms with Crippen LogP contribution in [0.1, 0.15) is 79.1 Å². The summed E-state index contributed by atoms with van der Waals surface area (Å²) in [6.07, 6.45) is 14.2. The predicted molar refractivity (Wildman–Crippen MR) is 132 cm³/mol. The number of fused-ring (bicyclic) bond motifs is 1. The Hall–Kier alpha value is -0.980. The lowest BCUT2D eigenvalue weighted by atomic mass is 9.61. The quantitative estimate of drug-likeness (QED) is 0.353. The molecule has 0 heterocycles. The second-order valence-electron chi connectivity index (χ2n) is 11.5. The van der Waals surface area contributed by atoms with Gasteiger partial charge in [0.25, 0.3) is 0 Å². The lowest BCUT2D eigenvalue weighted by molar-refractivity contribution is -0.112. The van der Waals surface area contributed by atoms with Crippen molar-refractivity contribution in [3.63, 3.8) is 0 Å². The van der Waals surface area contributed by atoms with Crippen LogP contribution in [-0.4, -0.2) is 53.1 Å². The molecule has 0 radical (unpaired) electrons. The van der Waals surface area contributed by atoms with Crippen molar-refractivity contribution in [2.75, 3.05) is 13.9 Å². The van der Waals surface area contributed by atoms with Crippen molar-refractivity contribution >= 4 is 0 Å². The van der Waals surface area contributed by atoms with Crippen molar-refractivity contribution < 1.29 is 24.8 Å². The number of ether oxygens (including phenoxy) is 2. The fourth-order valence-corrected chi connectivity index (χ4v) is 6.60. The average Bonchev–Trinajstić information content (AvgIpc) is 3.12. The number of hydrogen-bond acceptors (Lipinski definition) is 5. The van der Waals surface area contributed by atoms with Gasteiger partial charge in [-0.15, -0.1) is 0 Å². The van der Waals surface area contributed by atoms with Gasteiger partial charge in [0.2, 0.25) is 0 Å². The Bertz CT molecular complexity index is 725. The summed E-state index contributed by atoms with van der Waals surface area (Å²) in [5, 5.41) is 29.8. The van der Waals surface area contributed by atoms with Crippen LogP contribution in [-0.2, 0) is 9.47 Å². The van der Waals surface area contributed by atoms with Gasteiger partial charge in [-0.05, 0) is 88.4 Å². The first-order valence-electron chi connectivity index (χ1n) is 12.8. The molecule has 3 saturated carbocycles. The normalized spacial score (nSPS) is 38.8. The van der Waals surface area contributed by atoms with E-state index >= 15 is 0 Å². The van der Waals surface area contributed by atoms with Crippen LogP contribution >= 0.6 is 0 Å². The molecule has 5 nitrogen and oxygen atoms in total. The van der Waals surface area contributed by atoms with E-state index in [0.29, 0.717) is 42.8 Å². The summed E-state index contributed by atoms with van der Waals surface area (Å²) in [7, 11) is 1.65. The summed E-state index contributed by atoms with van der Waals surface area (Å²) in [5.41, 5.74) is 2.65. The third-order valence-electron chi connectivity index (χ3n) is 8.55. The van der Waals surface area contributed by atoms with Crippen LogP contribution in [0.4, 0.5) is 0 Å². The molecule has 0 aromatic carbocycles. The van der Waals surface area contributed by atoms with Crippen LogP contribution in [0.25, 0.3) is 0 Å². The number of rotatable bonds is 8. The first-order chi connectivity index (χ1) is 15.6. The molecule has 3 N–H and O–H groups in total. The fourth-order valence-electron chi connectivity index (χ4n) is 6.60. The molecule has 0 aliphatic heterocycles. The summed E-state index contributed by atoms with van der Waals surface area (Å²) in [5.74, 6) is 1.81. The Kier molecular flexibility index (Phi) is 9.01. The zero-order chi connectivity index (χ0) is 24.2. The van der Waals surface area contributed by atoms with Gasteiger partial charge in [0.05, 0.1) is 17.8 Å². The Morgan fingerprint density at radius 2 is 1.82 bits per heavy atom. The molecule has 3 aliphatic rings. The van der Waals surface area contributed by atoms with Crippen molar-refractivity contribution in [2.45, 2.75) is 103 Å². The minimum Gasteiger partial charge on any atom is -0.390 e. The maximum absolute atomic E-state index is 10.0. The zero-order valence-corrected chi connectivity index (χ0v) is 21.3. The summed E-state index contributed by atoms with van der Waals surface area (Å²) in [6, 6.07) is 0. The smallest absolute Gasteiger partial charge is 0.147 e. The van der Waals surface area contributed by atoms with Gasteiger partial charge in [-0.1, -0.05) is 49.3 Å². The van der Waals surface area contributed by atoms with Gasteiger partial charge >= 0.3 is 0 Å². The molecular weight excluding hydrogens is 416 g/mol. The maximum Gasteiger partial charge on any atom is 0.147 e. The van der Waals surface area contributed by atoms with E-state index in [1.807, 2.05) is 0 Å². The van der Waals surface area contributed by atoms with E-state index in [4.69, 9.17) is 9.47 Å². The molecule has 7 atom stereocenters. The van der Waals surface area contributed by atoms with E-state index in [1.165, 1.54) is 31.3 Å². The molecule has 188 valence electrons. The number of aliphatic hydroxyl groups is 3. The van der Waals surface area contributed by atoms with E-state index in [-0.39, 0.29) is 5.60 Å². The number of methoxy groups -OCH3 is 1. The third kappa shape index (κ3) is 6.37. The van der Waals surface area contributed by atoms with Crippen molar-refractivity contribution in [3.05, 3.63) is 35.5 Å². The minimum atomic E-state index is -1.03. The Morgan fingerprint density at radius 1 is 1.12 bits per heavy atom. The largest absolute Gasteiger partial charge is 0.390 e. The molecule has 0 saturated heterocycles. The SMILES string of the molecule is COCOC(C)(C)C/C=C/[C@@H](C)C1CCC2/C(=C/C=C3\CC(O)C(O)[C@H](O)C3)CCCC21C. The van der Waals surface area contributed by atoms with Gasteiger partial charge in [-0.25, -0.2) is 0 Å². The number of hydrogen-bond donors (Lipinski definition) is 3. The molecular formula is C28H46O5. The van der Waals surface area contributed by atoms with Gasteiger partial charge < -0.3 is 24.8 Å². The van der Waals surface area contributed by atoms with E-state index in [9.17, 15) is 15.3 Å². The average molecular weight is 463 g/mol. The van der Waals surface area contributed by atoms with Crippen LogP contribution in [0.3, 0.4) is 0 Å². The van der Waals surface area contributed by atoms with Gasteiger partial charge in [0.1, 0.15) is 12.9 Å². The van der Waals surface area contributed by atoms with Gasteiger partial charge in [0.15, 0.2) is 0 Å². The second-order valence-corrected chi connectivity index (χ2v) is 11.5. The second kappa shape index (κ2) is 11.2. The summed E-state index contributed by atoms with van der Waals surface area (Å²) < 4.78 is 10.8. The monoisotopic (exact) mass is 462 g/mol. The Morgan fingerprint density at radius 3 is 2.48 bits per heavy atom. The van der Waals surface area contributed by atoms with E-state index in [1.54, 1.807) is 7.11 Å².